The van der Waals surface area contributed by atoms with E-state index in [1.165, 1.54) is 12.1 Å². The Morgan fingerprint density at radius 1 is 1.09 bits per heavy atom. The minimum Gasteiger partial charge on any atom is -0.341 e. The molecule has 2 aliphatic rings. The predicted octanol–water partition coefficient (Wildman–Crippen LogP) is 2.13. The van der Waals surface area contributed by atoms with E-state index >= 15 is 0 Å². The fourth-order valence-electron chi connectivity index (χ4n) is 3.61. The summed E-state index contributed by atoms with van der Waals surface area (Å²) in [6, 6.07) is 6.80. The third kappa shape index (κ3) is 4.09. The third-order valence-electron chi connectivity index (χ3n) is 5.05. The SMILES string of the molecule is NC1CCN(C(=O)C2CCCCN2Cc2ccc(F)cc2)CC1. The summed E-state index contributed by atoms with van der Waals surface area (Å²) in [5.41, 5.74) is 7.00. The standard InChI is InChI=1S/C18H26FN3O/c19-15-6-4-14(5-7-15)13-22-10-2-1-3-17(22)18(23)21-11-8-16(20)9-12-21/h4-7,16-17H,1-3,8-13,20H2. The van der Waals surface area contributed by atoms with Gasteiger partial charge < -0.3 is 10.6 Å². The van der Waals surface area contributed by atoms with Crippen LogP contribution in [0.15, 0.2) is 24.3 Å². The molecule has 0 aliphatic carbocycles. The maximum Gasteiger partial charge on any atom is 0.239 e. The molecule has 5 heteroatoms. The molecule has 2 aliphatic heterocycles. The number of halogens is 1. The Morgan fingerprint density at radius 2 is 1.78 bits per heavy atom. The van der Waals surface area contributed by atoms with Gasteiger partial charge in [0.15, 0.2) is 0 Å². The molecule has 1 unspecified atom stereocenters. The van der Waals surface area contributed by atoms with Crippen molar-refractivity contribution in [2.45, 2.75) is 50.7 Å². The van der Waals surface area contributed by atoms with Crippen molar-refractivity contribution in [1.82, 2.24) is 9.80 Å². The summed E-state index contributed by atoms with van der Waals surface area (Å²) in [5.74, 6) is 0.0309. The molecule has 2 saturated heterocycles. The highest BCUT2D eigenvalue weighted by Crippen LogP contribution is 2.23. The number of nitrogens with zero attached hydrogens (tertiary/aromatic N) is 2. The van der Waals surface area contributed by atoms with Crippen LogP contribution >= 0.6 is 0 Å². The lowest BCUT2D eigenvalue weighted by Gasteiger charge is -2.39. The number of carbonyl (C=O) groups excluding carboxylic acids is 1. The van der Waals surface area contributed by atoms with Crippen LogP contribution in [-0.4, -0.2) is 47.4 Å². The van der Waals surface area contributed by atoms with E-state index in [9.17, 15) is 9.18 Å². The van der Waals surface area contributed by atoms with E-state index in [0.717, 1.165) is 57.3 Å². The number of piperidine rings is 2. The zero-order valence-corrected chi connectivity index (χ0v) is 13.6. The normalized spacial score (nSPS) is 23.9. The minimum atomic E-state index is -0.218. The number of carbonyl (C=O) groups is 1. The van der Waals surface area contributed by atoms with Gasteiger partial charge in [0.1, 0.15) is 5.82 Å². The van der Waals surface area contributed by atoms with Crippen LogP contribution in [0.1, 0.15) is 37.7 Å². The molecular weight excluding hydrogens is 293 g/mol. The molecule has 3 rings (SSSR count). The summed E-state index contributed by atoms with van der Waals surface area (Å²) in [7, 11) is 0. The average molecular weight is 319 g/mol. The van der Waals surface area contributed by atoms with Crippen molar-refractivity contribution in [2.24, 2.45) is 5.73 Å². The first-order valence-corrected chi connectivity index (χ1v) is 8.66. The van der Waals surface area contributed by atoms with E-state index < -0.39 is 0 Å². The third-order valence-corrected chi connectivity index (χ3v) is 5.05. The van der Waals surface area contributed by atoms with Crippen molar-refractivity contribution >= 4 is 5.91 Å². The number of rotatable bonds is 3. The number of nitrogens with two attached hydrogens (primary N) is 1. The molecule has 0 radical (unpaired) electrons. The van der Waals surface area contributed by atoms with Crippen LogP contribution in [0.2, 0.25) is 0 Å². The zero-order chi connectivity index (χ0) is 16.2. The molecule has 1 aromatic carbocycles. The maximum atomic E-state index is 13.1. The second-order valence-electron chi connectivity index (χ2n) is 6.77. The highest BCUT2D eigenvalue weighted by molar-refractivity contribution is 5.82. The first-order valence-electron chi connectivity index (χ1n) is 8.66. The fourth-order valence-corrected chi connectivity index (χ4v) is 3.61. The Hall–Kier alpha value is -1.46. The molecule has 2 N–H and O–H groups in total. The van der Waals surface area contributed by atoms with Crippen LogP contribution in [0, 0.1) is 5.82 Å². The minimum absolute atomic E-state index is 0.0388. The maximum absolute atomic E-state index is 13.1. The Labute approximate surface area is 137 Å². The number of hydrogen-bond acceptors (Lipinski definition) is 3. The summed E-state index contributed by atoms with van der Waals surface area (Å²) in [4.78, 5) is 17.1. The van der Waals surface area contributed by atoms with Crippen LogP contribution in [0.25, 0.3) is 0 Å². The molecule has 0 saturated carbocycles. The molecule has 0 bridgehead atoms. The van der Waals surface area contributed by atoms with Crippen LogP contribution < -0.4 is 5.73 Å². The Morgan fingerprint density at radius 3 is 2.48 bits per heavy atom. The smallest absolute Gasteiger partial charge is 0.239 e. The van der Waals surface area contributed by atoms with Crippen molar-refractivity contribution in [2.75, 3.05) is 19.6 Å². The van der Waals surface area contributed by atoms with Crippen LogP contribution in [0.3, 0.4) is 0 Å². The van der Waals surface area contributed by atoms with Gasteiger partial charge in [-0.25, -0.2) is 4.39 Å². The van der Waals surface area contributed by atoms with Crippen molar-refractivity contribution in [3.05, 3.63) is 35.6 Å². The lowest BCUT2D eigenvalue weighted by molar-refractivity contribution is -0.139. The van der Waals surface area contributed by atoms with Crippen molar-refractivity contribution in [3.63, 3.8) is 0 Å². The Balaban J connectivity index is 1.65. The van der Waals surface area contributed by atoms with Crippen LogP contribution in [0.4, 0.5) is 4.39 Å². The highest BCUT2D eigenvalue weighted by atomic mass is 19.1. The van der Waals surface area contributed by atoms with E-state index in [4.69, 9.17) is 5.73 Å². The van der Waals surface area contributed by atoms with Gasteiger partial charge in [0.25, 0.3) is 0 Å². The van der Waals surface area contributed by atoms with Crippen LogP contribution in [0.5, 0.6) is 0 Å². The molecule has 2 heterocycles. The van der Waals surface area contributed by atoms with Gasteiger partial charge in [-0.1, -0.05) is 18.6 Å². The number of likely N-dealkylation sites (tertiary alicyclic amines) is 2. The van der Waals surface area contributed by atoms with Gasteiger partial charge in [-0.3, -0.25) is 9.69 Å². The number of benzene rings is 1. The topological polar surface area (TPSA) is 49.6 Å². The monoisotopic (exact) mass is 319 g/mol. The lowest BCUT2D eigenvalue weighted by atomic mass is 9.98. The van der Waals surface area contributed by atoms with Crippen molar-refractivity contribution in [3.8, 4) is 0 Å². The molecule has 1 amide bonds. The zero-order valence-electron chi connectivity index (χ0n) is 13.6. The fraction of sp³-hybridized carbons (Fsp3) is 0.611. The summed E-state index contributed by atoms with van der Waals surface area (Å²) in [5, 5.41) is 0. The summed E-state index contributed by atoms with van der Waals surface area (Å²) < 4.78 is 13.1. The van der Waals surface area contributed by atoms with E-state index in [1.54, 1.807) is 0 Å². The number of hydrogen-bond donors (Lipinski definition) is 1. The second-order valence-corrected chi connectivity index (χ2v) is 6.77. The molecule has 1 atom stereocenters. The Bertz CT molecular complexity index is 526. The largest absolute Gasteiger partial charge is 0.341 e. The summed E-state index contributed by atoms with van der Waals surface area (Å²) in [6.07, 6.45) is 4.94. The summed E-state index contributed by atoms with van der Waals surface area (Å²) in [6.45, 7) is 3.20. The quantitative estimate of drug-likeness (QED) is 0.928. The lowest BCUT2D eigenvalue weighted by Crippen LogP contribution is -2.53. The van der Waals surface area contributed by atoms with E-state index in [-0.39, 0.29) is 23.8 Å². The van der Waals surface area contributed by atoms with E-state index in [2.05, 4.69) is 4.90 Å². The van der Waals surface area contributed by atoms with E-state index in [1.807, 2.05) is 17.0 Å². The van der Waals surface area contributed by atoms with Gasteiger partial charge in [0.2, 0.25) is 5.91 Å². The predicted molar refractivity (Wildman–Crippen MR) is 88.2 cm³/mol. The van der Waals surface area contributed by atoms with Crippen molar-refractivity contribution in [1.29, 1.82) is 0 Å². The first-order chi connectivity index (χ1) is 11.1. The van der Waals surface area contributed by atoms with Gasteiger partial charge >= 0.3 is 0 Å². The number of amides is 1. The van der Waals surface area contributed by atoms with Crippen molar-refractivity contribution < 1.29 is 9.18 Å². The van der Waals surface area contributed by atoms with Gasteiger partial charge in [-0.05, 0) is 49.9 Å². The first kappa shape index (κ1) is 16.4. The molecule has 23 heavy (non-hydrogen) atoms. The second kappa shape index (κ2) is 7.41. The highest BCUT2D eigenvalue weighted by Gasteiger charge is 2.33. The molecular formula is C18H26FN3O. The molecule has 0 aromatic heterocycles. The van der Waals surface area contributed by atoms with E-state index in [0.29, 0.717) is 6.54 Å². The van der Waals surface area contributed by atoms with Gasteiger partial charge in [0, 0.05) is 25.7 Å². The van der Waals surface area contributed by atoms with Gasteiger partial charge in [-0.2, -0.15) is 0 Å². The van der Waals surface area contributed by atoms with Gasteiger partial charge in [0.05, 0.1) is 6.04 Å². The Kier molecular flexibility index (Phi) is 5.28. The molecule has 4 nitrogen and oxygen atoms in total. The molecule has 1 aromatic rings. The molecule has 2 fully saturated rings. The molecule has 126 valence electrons. The molecule has 0 spiro atoms. The average Bonchev–Trinajstić information content (AvgIpc) is 2.57. The summed E-state index contributed by atoms with van der Waals surface area (Å²) >= 11 is 0. The van der Waals surface area contributed by atoms with Gasteiger partial charge in [-0.15, -0.1) is 0 Å². The van der Waals surface area contributed by atoms with Crippen LogP contribution in [-0.2, 0) is 11.3 Å².